The first-order valence-corrected chi connectivity index (χ1v) is 11.4. The Labute approximate surface area is 174 Å². The highest BCUT2D eigenvalue weighted by molar-refractivity contribution is 7.90. The van der Waals surface area contributed by atoms with Crippen molar-refractivity contribution in [3.63, 3.8) is 0 Å². The number of nitrogens with zero attached hydrogens (tertiary/aromatic N) is 6. The van der Waals surface area contributed by atoms with Crippen LogP contribution in [-0.4, -0.2) is 53.7 Å². The Kier molecular flexibility index (Phi) is 4.11. The average Bonchev–Trinajstić information content (AvgIpc) is 3.19. The Bertz CT molecular complexity index is 1270. The summed E-state index contributed by atoms with van der Waals surface area (Å²) in [6, 6.07) is 10.8. The lowest BCUT2D eigenvalue weighted by Crippen LogP contribution is -2.49. The molecule has 2 aliphatic heterocycles. The summed E-state index contributed by atoms with van der Waals surface area (Å²) in [5, 5.41) is 13.2. The minimum atomic E-state index is -3.49. The molecule has 0 saturated carbocycles. The molecule has 2 aromatic heterocycles. The van der Waals surface area contributed by atoms with Gasteiger partial charge in [-0.3, -0.25) is 9.71 Å². The average molecular weight is 426 g/mol. The van der Waals surface area contributed by atoms with Crippen LogP contribution in [0, 0.1) is 5.92 Å². The van der Waals surface area contributed by atoms with Crippen LogP contribution in [-0.2, 0) is 15.4 Å². The first-order chi connectivity index (χ1) is 14.2. The van der Waals surface area contributed by atoms with Gasteiger partial charge in [-0.25, -0.2) is 8.42 Å². The summed E-state index contributed by atoms with van der Waals surface area (Å²) in [7, 11) is -3.49. The van der Waals surface area contributed by atoms with Crippen molar-refractivity contribution in [3.05, 3.63) is 47.8 Å². The molecule has 1 fully saturated rings. The van der Waals surface area contributed by atoms with Crippen LogP contribution in [0.4, 0.5) is 5.82 Å². The van der Waals surface area contributed by atoms with Gasteiger partial charge in [-0.15, -0.1) is 15.3 Å². The molecular weight excluding hydrogens is 402 g/mol. The van der Waals surface area contributed by atoms with Gasteiger partial charge in [0, 0.05) is 36.5 Å². The number of aromatic nitrogens is 4. The second kappa shape index (κ2) is 6.49. The monoisotopic (exact) mass is 425 g/mol. The van der Waals surface area contributed by atoms with Crippen molar-refractivity contribution in [2.45, 2.75) is 31.1 Å². The molecule has 1 N–H and O–H groups in total. The van der Waals surface area contributed by atoms with Gasteiger partial charge in [0.25, 0.3) is 10.0 Å². The summed E-state index contributed by atoms with van der Waals surface area (Å²) in [5.41, 5.74) is 1.23. The summed E-state index contributed by atoms with van der Waals surface area (Å²) in [4.78, 5) is 7.03. The molecule has 0 atom stereocenters. The van der Waals surface area contributed by atoms with Crippen molar-refractivity contribution in [1.29, 1.82) is 0 Å². The van der Waals surface area contributed by atoms with E-state index in [0.717, 1.165) is 30.4 Å². The molecule has 4 heterocycles. The van der Waals surface area contributed by atoms with Crippen LogP contribution < -0.4 is 9.62 Å². The van der Waals surface area contributed by atoms with Crippen LogP contribution in [0.15, 0.2) is 46.3 Å². The van der Waals surface area contributed by atoms with Crippen LogP contribution in [0.5, 0.6) is 0 Å². The first-order valence-electron chi connectivity index (χ1n) is 9.87. The molecule has 0 unspecified atom stereocenters. The Balaban J connectivity index is 1.29. The van der Waals surface area contributed by atoms with Crippen molar-refractivity contribution in [2.75, 3.05) is 24.5 Å². The van der Waals surface area contributed by atoms with Crippen molar-refractivity contribution >= 4 is 27.3 Å². The maximum absolute atomic E-state index is 12.2. The van der Waals surface area contributed by atoms with Gasteiger partial charge in [0.1, 0.15) is 11.7 Å². The molecule has 9 nitrogen and oxygen atoms in total. The zero-order valence-electron chi connectivity index (χ0n) is 17.1. The predicted octanol–water partition coefficient (Wildman–Crippen LogP) is 1.60. The van der Waals surface area contributed by atoms with E-state index >= 15 is 0 Å². The largest absolute Gasteiger partial charge is 0.354 e. The molecule has 1 saturated heterocycles. The Morgan fingerprint density at radius 1 is 1.13 bits per heavy atom. The smallest absolute Gasteiger partial charge is 0.263 e. The normalized spacial score (nSPS) is 19.7. The van der Waals surface area contributed by atoms with Gasteiger partial charge in [-0.2, -0.15) is 4.52 Å². The Hall–Kier alpha value is -3.01. The molecule has 0 bridgehead atoms. The number of anilines is 1. The van der Waals surface area contributed by atoms with E-state index in [-0.39, 0.29) is 5.41 Å². The topological polar surface area (TPSA) is 105 Å². The fourth-order valence-corrected chi connectivity index (χ4v) is 5.01. The maximum Gasteiger partial charge on any atom is 0.263 e. The second-order valence-corrected chi connectivity index (χ2v) is 10.4. The van der Waals surface area contributed by atoms with Gasteiger partial charge in [0.15, 0.2) is 11.5 Å². The van der Waals surface area contributed by atoms with Crippen molar-refractivity contribution in [3.8, 4) is 0 Å². The molecule has 156 valence electrons. The Morgan fingerprint density at radius 2 is 1.90 bits per heavy atom. The summed E-state index contributed by atoms with van der Waals surface area (Å²) >= 11 is 0. The highest BCUT2D eigenvalue weighted by atomic mass is 32.2. The number of hydrogen-bond donors (Lipinski definition) is 1. The molecular formula is C20H23N7O2S. The molecule has 10 heteroatoms. The third kappa shape index (κ3) is 3.11. The number of benzene rings is 1. The number of rotatable bonds is 3. The molecule has 5 rings (SSSR count). The van der Waals surface area contributed by atoms with E-state index in [0.29, 0.717) is 28.8 Å². The van der Waals surface area contributed by atoms with Gasteiger partial charge >= 0.3 is 0 Å². The molecule has 3 aromatic rings. The molecule has 0 spiro atoms. The van der Waals surface area contributed by atoms with Crippen molar-refractivity contribution < 1.29 is 8.42 Å². The molecule has 1 aromatic carbocycles. The maximum atomic E-state index is 12.2. The molecule has 0 amide bonds. The standard InChI is InChI=1S/C20H23N7O2S/c1-20(2,3)19-23-22-16-8-9-17(24-27(16)19)26-11-13(12-26)10-21-18-14-6-4-5-7-15(14)30(28,29)25-18/h4-9,13H,10-12H2,1-3H3,(H,21,25). The van der Waals surface area contributed by atoms with E-state index in [1.165, 1.54) is 0 Å². The zero-order valence-corrected chi connectivity index (χ0v) is 17.9. The van der Waals surface area contributed by atoms with E-state index < -0.39 is 10.0 Å². The van der Waals surface area contributed by atoms with Crippen LogP contribution in [0.2, 0.25) is 0 Å². The van der Waals surface area contributed by atoms with E-state index in [1.807, 2.05) is 22.7 Å². The van der Waals surface area contributed by atoms with E-state index in [4.69, 9.17) is 5.10 Å². The van der Waals surface area contributed by atoms with Crippen molar-refractivity contribution in [1.82, 2.24) is 24.5 Å². The van der Waals surface area contributed by atoms with Crippen molar-refractivity contribution in [2.24, 2.45) is 10.9 Å². The van der Waals surface area contributed by atoms with Gasteiger partial charge in [0.05, 0.1) is 4.90 Å². The minimum Gasteiger partial charge on any atom is -0.354 e. The van der Waals surface area contributed by atoms with E-state index in [1.54, 1.807) is 18.2 Å². The summed E-state index contributed by atoms with van der Waals surface area (Å²) in [6.45, 7) is 8.46. The lowest BCUT2D eigenvalue weighted by Gasteiger charge is -2.39. The van der Waals surface area contributed by atoms with E-state index in [9.17, 15) is 8.42 Å². The highest BCUT2D eigenvalue weighted by Crippen LogP contribution is 2.27. The van der Waals surface area contributed by atoms with Gasteiger partial charge < -0.3 is 4.90 Å². The number of aliphatic imine (C=N–C) groups is 1. The van der Waals surface area contributed by atoms with Gasteiger partial charge in [0.2, 0.25) is 0 Å². The lowest BCUT2D eigenvalue weighted by atomic mass is 9.96. The zero-order chi connectivity index (χ0) is 21.1. The molecule has 2 aliphatic rings. The fraction of sp³-hybridized carbons (Fsp3) is 0.400. The van der Waals surface area contributed by atoms with Crippen LogP contribution >= 0.6 is 0 Å². The third-order valence-corrected chi connectivity index (χ3v) is 6.77. The minimum absolute atomic E-state index is 0.149. The number of nitrogens with one attached hydrogen (secondary N) is 1. The molecule has 30 heavy (non-hydrogen) atoms. The molecule has 0 aliphatic carbocycles. The first kappa shape index (κ1) is 19.0. The summed E-state index contributed by atoms with van der Waals surface area (Å²) < 4.78 is 28.8. The quantitative estimate of drug-likeness (QED) is 0.683. The predicted molar refractivity (Wildman–Crippen MR) is 113 cm³/mol. The van der Waals surface area contributed by atoms with Gasteiger partial charge in [-0.05, 0) is 24.3 Å². The fourth-order valence-electron chi connectivity index (χ4n) is 3.76. The summed E-state index contributed by atoms with van der Waals surface area (Å²) in [6.07, 6.45) is 0. The van der Waals surface area contributed by atoms with Crippen LogP contribution in [0.25, 0.3) is 5.65 Å². The van der Waals surface area contributed by atoms with Gasteiger partial charge in [-0.1, -0.05) is 32.9 Å². The van der Waals surface area contributed by atoms with Crippen LogP contribution in [0.3, 0.4) is 0 Å². The third-order valence-electron chi connectivity index (χ3n) is 5.37. The SMILES string of the molecule is CC(C)(C)c1nnc2ccc(N3CC(CN=C4NS(=O)(=O)c5ccccc54)C3)nn12. The Morgan fingerprint density at radius 3 is 2.67 bits per heavy atom. The number of amidine groups is 1. The summed E-state index contributed by atoms with van der Waals surface area (Å²) in [5.74, 6) is 2.48. The van der Waals surface area contributed by atoms with Crippen LogP contribution in [0.1, 0.15) is 32.2 Å². The highest BCUT2D eigenvalue weighted by Gasteiger charge is 2.32. The number of sulfonamides is 1. The molecule has 0 radical (unpaired) electrons. The lowest BCUT2D eigenvalue weighted by molar-refractivity contribution is 0.415. The van der Waals surface area contributed by atoms with E-state index in [2.05, 4.69) is 45.6 Å². The second-order valence-electron chi connectivity index (χ2n) is 8.80. The number of hydrogen-bond acceptors (Lipinski definition) is 7. The number of fused-ring (bicyclic) bond motifs is 2.